The summed E-state index contributed by atoms with van der Waals surface area (Å²) in [6.07, 6.45) is -2.35. The van der Waals surface area contributed by atoms with Crippen molar-refractivity contribution in [3.05, 3.63) is 35.9 Å². The molecule has 0 N–H and O–H groups in total. The average molecular weight is 256 g/mol. The Bertz CT molecular complexity index is 361. The number of hydrogen-bond acceptors (Lipinski definition) is 3. The second-order valence-corrected chi connectivity index (χ2v) is 4.43. The first-order valence-corrected chi connectivity index (χ1v) is 6.06. The summed E-state index contributed by atoms with van der Waals surface area (Å²) >= 11 is 0. The molecule has 5 heteroatoms. The highest BCUT2D eigenvalue weighted by Gasteiger charge is 2.33. The van der Waals surface area contributed by atoms with Crippen LogP contribution in [0.2, 0.25) is 0 Å². The van der Waals surface area contributed by atoms with Gasteiger partial charge in [-0.2, -0.15) is 5.06 Å². The van der Waals surface area contributed by atoms with Gasteiger partial charge in [-0.15, -0.1) is 0 Å². The van der Waals surface area contributed by atoms with Crippen molar-refractivity contribution in [3.8, 4) is 0 Å². The normalized spacial score (nSPS) is 22.6. The van der Waals surface area contributed by atoms with Crippen LogP contribution < -0.4 is 0 Å². The lowest BCUT2D eigenvalue weighted by Gasteiger charge is -2.39. The van der Waals surface area contributed by atoms with E-state index >= 15 is 0 Å². The summed E-state index contributed by atoms with van der Waals surface area (Å²) in [6.45, 7) is 2.07. The van der Waals surface area contributed by atoms with Crippen LogP contribution in [-0.2, 0) is 11.4 Å². The Morgan fingerprint density at radius 3 is 2.61 bits per heavy atom. The minimum absolute atomic E-state index is 0.251. The molecule has 0 saturated carbocycles. The third-order valence-corrected chi connectivity index (χ3v) is 3.27. The fraction of sp³-hybridized carbons (Fsp3) is 0.538. The SMILES string of the molecule is CON1CCN(Cc2ccccc2)[C@@H](C(F)F)C1. The molecule has 1 aliphatic heterocycles. The molecule has 1 fully saturated rings. The van der Waals surface area contributed by atoms with Crippen LogP contribution in [0.25, 0.3) is 0 Å². The van der Waals surface area contributed by atoms with E-state index < -0.39 is 12.5 Å². The van der Waals surface area contributed by atoms with E-state index in [1.165, 1.54) is 7.11 Å². The second-order valence-electron chi connectivity index (χ2n) is 4.43. The maximum atomic E-state index is 13.1. The van der Waals surface area contributed by atoms with Gasteiger partial charge in [0.05, 0.1) is 13.2 Å². The largest absolute Gasteiger partial charge is 0.302 e. The molecule has 1 aliphatic rings. The molecule has 0 amide bonds. The van der Waals surface area contributed by atoms with Gasteiger partial charge in [-0.3, -0.25) is 4.90 Å². The topological polar surface area (TPSA) is 15.7 Å². The Labute approximate surface area is 106 Å². The Balaban J connectivity index is 2.02. The fourth-order valence-corrected chi connectivity index (χ4v) is 2.24. The highest BCUT2D eigenvalue weighted by molar-refractivity contribution is 5.14. The van der Waals surface area contributed by atoms with E-state index in [1.54, 1.807) is 5.06 Å². The molecule has 2 rings (SSSR count). The molecule has 0 spiro atoms. The third kappa shape index (κ3) is 3.25. The maximum absolute atomic E-state index is 13.1. The van der Waals surface area contributed by atoms with Crippen molar-refractivity contribution in [2.24, 2.45) is 0 Å². The predicted octanol–water partition coefficient (Wildman–Crippen LogP) is 2.00. The van der Waals surface area contributed by atoms with Crippen molar-refractivity contribution in [2.45, 2.75) is 19.0 Å². The third-order valence-electron chi connectivity index (χ3n) is 3.27. The Kier molecular flexibility index (Phi) is 4.63. The Morgan fingerprint density at radius 2 is 2.00 bits per heavy atom. The van der Waals surface area contributed by atoms with Crippen LogP contribution in [0.15, 0.2) is 30.3 Å². The van der Waals surface area contributed by atoms with Crippen LogP contribution >= 0.6 is 0 Å². The van der Waals surface area contributed by atoms with Crippen LogP contribution in [0.1, 0.15) is 5.56 Å². The Hall–Kier alpha value is -1.04. The number of hydrogen-bond donors (Lipinski definition) is 0. The smallest absolute Gasteiger partial charge is 0.255 e. The molecule has 3 nitrogen and oxygen atoms in total. The van der Waals surface area contributed by atoms with Crippen LogP contribution in [-0.4, -0.2) is 49.2 Å². The lowest BCUT2D eigenvalue weighted by atomic mass is 10.1. The lowest BCUT2D eigenvalue weighted by Crippen LogP contribution is -2.55. The summed E-state index contributed by atoms with van der Waals surface area (Å²) in [7, 11) is 1.52. The van der Waals surface area contributed by atoms with Crippen molar-refractivity contribution in [2.75, 3.05) is 26.7 Å². The summed E-state index contributed by atoms with van der Waals surface area (Å²) in [5.74, 6) is 0. The zero-order valence-electron chi connectivity index (χ0n) is 10.4. The number of benzene rings is 1. The van der Waals surface area contributed by atoms with E-state index in [1.807, 2.05) is 35.2 Å². The van der Waals surface area contributed by atoms with Crippen molar-refractivity contribution in [3.63, 3.8) is 0 Å². The number of alkyl halides is 2. The summed E-state index contributed by atoms with van der Waals surface area (Å²) in [4.78, 5) is 6.87. The molecule has 1 aromatic rings. The first-order valence-electron chi connectivity index (χ1n) is 6.06. The highest BCUT2D eigenvalue weighted by atomic mass is 19.3. The summed E-state index contributed by atoms with van der Waals surface area (Å²) in [5.41, 5.74) is 1.06. The van der Waals surface area contributed by atoms with Crippen LogP contribution in [0.4, 0.5) is 8.78 Å². The molecule has 1 saturated heterocycles. The van der Waals surface area contributed by atoms with Gasteiger partial charge in [0.25, 0.3) is 6.43 Å². The van der Waals surface area contributed by atoms with Gasteiger partial charge >= 0.3 is 0 Å². The van der Waals surface area contributed by atoms with Crippen molar-refractivity contribution in [1.29, 1.82) is 0 Å². The standard InChI is InChI=1S/C13H18F2N2O/c1-18-17-8-7-16(12(10-17)13(14)15)9-11-5-3-2-4-6-11/h2-6,12-13H,7-10H2,1H3/t12-/m1/s1. The summed E-state index contributed by atoms with van der Waals surface area (Å²) in [5, 5.41) is 1.60. The van der Waals surface area contributed by atoms with Gasteiger partial charge in [0.2, 0.25) is 0 Å². The lowest BCUT2D eigenvalue weighted by molar-refractivity contribution is -0.180. The molecule has 1 heterocycles. The van der Waals surface area contributed by atoms with E-state index in [0.717, 1.165) is 5.56 Å². The van der Waals surface area contributed by atoms with Gasteiger partial charge in [0.15, 0.2) is 0 Å². The zero-order valence-corrected chi connectivity index (χ0v) is 10.4. The quantitative estimate of drug-likeness (QED) is 0.819. The molecule has 100 valence electrons. The number of piperazine rings is 1. The van der Waals surface area contributed by atoms with E-state index in [9.17, 15) is 8.78 Å². The van der Waals surface area contributed by atoms with E-state index in [2.05, 4.69) is 0 Å². The summed E-state index contributed by atoms with van der Waals surface area (Å²) < 4.78 is 26.1. The van der Waals surface area contributed by atoms with Crippen molar-refractivity contribution < 1.29 is 13.6 Å². The molecule has 1 atom stereocenters. The minimum atomic E-state index is -2.35. The number of nitrogens with zero attached hydrogens (tertiary/aromatic N) is 2. The molecule has 1 aromatic carbocycles. The average Bonchev–Trinajstić information content (AvgIpc) is 2.40. The summed E-state index contributed by atoms with van der Waals surface area (Å²) in [6, 6.07) is 8.95. The van der Waals surface area contributed by atoms with Gasteiger partial charge in [-0.1, -0.05) is 30.3 Å². The van der Waals surface area contributed by atoms with Gasteiger partial charge in [-0.25, -0.2) is 8.78 Å². The molecule has 18 heavy (non-hydrogen) atoms. The molecule has 0 unspecified atom stereocenters. The van der Waals surface area contributed by atoms with Crippen molar-refractivity contribution in [1.82, 2.24) is 9.96 Å². The second kappa shape index (κ2) is 6.22. The Morgan fingerprint density at radius 1 is 1.28 bits per heavy atom. The first-order chi connectivity index (χ1) is 8.70. The molecule has 0 aliphatic carbocycles. The van der Waals surface area contributed by atoms with Gasteiger partial charge in [-0.05, 0) is 5.56 Å². The van der Waals surface area contributed by atoms with Gasteiger partial charge in [0.1, 0.15) is 0 Å². The molecular formula is C13H18F2N2O. The number of hydroxylamine groups is 2. The predicted molar refractivity (Wildman–Crippen MR) is 65.2 cm³/mol. The van der Waals surface area contributed by atoms with Crippen LogP contribution in [0, 0.1) is 0 Å². The fourth-order valence-electron chi connectivity index (χ4n) is 2.24. The van der Waals surface area contributed by atoms with Gasteiger partial charge in [0, 0.05) is 26.2 Å². The minimum Gasteiger partial charge on any atom is -0.302 e. The van der Waals surface area contributed by atoms with E-state index in [-0.39, 0.29) is 6.54 Å². The first kappa shape index (κ1) is 13.4. The molecular weight excluding hydrogens is 238 g/mol. The molecule has 0 aromatic heterocycles. The van der Waals surface area contributed by atoms with Gasteiger partial charge < -0.3 is 4.84 Å². The van der Waals surface area contributed by atoms with E-state index in [4.69, 9.17) is 4.84 Å². The van der Waals surface area contributed by atoms with Crippen LogP contribution in [0.3, 0.4) is 0 Å². The highest BCUT2D eigenvalue weighted by Crippen LogP contribution is 2.19. The van der Waals surface area contributed by atoms with Crippen LogP contribution in [0.5, 0.6) is 0 Å². The molecule has 0 radical (unpaired) electrons. The number of rotatable bonds is 4. The number of halogens is 2. The van der Waals surface area contributed by atoms with Crippen molar-refractivity contribution >= 4 is 0 Å². The zero-order chi connectivity index (χ0) is 13.0. The maximum Gasteiger partial charge on any atom is 0.255 e. The monoisotopic (exact) mass is 256 g/mol. The molecule has 0 bridgehead atoms. The van der Waals surface area contributed by atoms with E-state index in [0.29, 0.717) is 19.6 Å².